The highest BCUT2D eigenvalue weighted by atomic mass is 16.5. The fourth-order valence-corrected chi connectivity index (χ4v) is 4.42. The van der Waals surface area contributed by atoms with Crippen molar-refractivity contribution in [1.82, 2.24) is 4.90 Å². The molecule has 0 spiro atoms. The Hall–Kier alpha value is -4.06. The van der Waals surface area contributed by atoms with Crippen LogP contribution in [-0.2, 0) is 16.0 Å². The van der Waals surface area contributed by atoms with E-state index in [1.54, 1.807) is 25.2 Å². The lowest BCUT2D eigenvalue weighted by Crippen LogP contribution is -2.31. The van der Waals surface area contributed by atoms with E-state index in [1.807, 2.05) is 74.5 Å². The Morgan fingerprint density at radius 1 is 0.886 bits per heavy atom. The lowest BCUT2D eigenvalue weighted by atomic mass is 9.94. The minimum Gasteiger partial charge on any atom is -0.507 e. The highest BCUT2D eigenvalue weighted by Crippen LogP contribution is 2.39. The van der Waals surface area contributed by atoms with Crippen molar-refractivity contribution in [2.75, 3.05) is 20.8 Å². The number of carbonyl (C=O) groups excluding carboxylic acids is 2. The molecule has 6 nitrogen and oxygen atoms in total. The Labute approximate surface area is 205 Å². The average Bonchev–Trinajstić information content (AvgIpc) is 3.13. The minimum absolute atomic E-state index is 0.108. The van der Waals surface area contributed by atoms with Gasteiger partial charge in [0.25, 0.3) is 11.7 Å². The lowest BCUT2D eigenvalue weighted by Gasteiger charge is -2.25. The van der Waals surface area contributed by atoms with E-state index in [0.717, 1.165) is 22.3 Å². The highest BCUT2D eigenvalue weighted by molar-refractivity contribution is 6.46. The molecule has 3 aromatic carbocycles. The maximum atomic E-state index is 13.2. The molecular formula is C29H29NO5. The summed E-state index contributed by atoms with van der Waals surface area (Å²) in [5.74, 6) is -0.240. The SMILES string of the molecule is COc1ccc(CCN2C(=O)C(=O)/C(=C(\O)c3ccc(C)c(C)c3)C2c2ccccc2)cc1OC. The Kier molecular flexibility index (Phi) is 6.92. The van der Waals surface area contributed by atoms with Crippen LogP contribution in [0.3, 0.4) is 0 Å². The van der Waals surface area contributed by atoms with Gasteiger partial charge in [-0.2, -0.15) is 0 Å². The maximum absolute atomic E-state index is 13.2. The number of rotatable bonds is 7. The summed E-state index contributed by atoms with van der Waals surface area (Å²) >= 11 is 0. The third-order valence-corrected chi connectivity index (χ3v) is 6.52. The van der Waals surface area contributed by atoms with Crippen LogP contribution in [0.25, 0.3) is 5.76 Å². The van der Waals surface area contributed by atoms with Gasteiger partial charge >= 0.3 is 0 Å². The first kappa shape index (κ1) is 24.1. The Balaban J connectivity index is 1.73. The second-order valence-electron chi connectivity index (χ2n) is 8.64. The fourth-order valence-electron chi connectivity index (χ4n) is 4.42. The summed E-state index contributed by atoms with van der Waals surface area (Å²) in [6.45, 7) is 4.22. The molecule has 1 fully saturated rings. The number of amides is 1. The van der Waals surface area contributed by atoms with Gasteiger partial charge in [-0.25, -0.2) is 0 Å². The second-order valence-corrected chi connectivity index (χ2v) is 8.64. The number of hydrogen-bond acceptors (Lipinski definition) is 5. The molecule has 0 radical (unpaired) electrons. The number of ketones is 1. The molecular weight excluding hydrogens is 442 g/mol. The molecule has 1 N–H and O–H groups in total. The van der Waals surface area contributed by atoms with E-state index in [-0.39, 0.29) is 11.3 Å². The molecule has 6 heteroatoms. The maximum Gasteiger partial charge on any atom is 0.295 e. The van der Waals surface area contributed by atoms with Crippen LogP contribution >= 0.6 is 0 Å². The summed E-state index contributed by atoms with van der Waals surface area (Å²) in [4.78, 5) is 27.9. The highest BCUT2D eigenvalue weighted by Gasteiger charge is 2.45. The zero-order valence-electron chi connectivity index (χ0n) is 20.4. The molecule has 0 aromatic heterocycles. The van der Waals surface area contributed by atoms with Gasteiger partial charge in [0.1, 0.15) is 5.76 Å². The Morgan fingerprint density at radius 2 is 1.60 bits per heavy atom. The summed E-state index contributed by atoms with van der Waals surface area (Å²) in [5, 5.41) is 11.2. The number of benzene rings is 3. The quantitative estimate of drug-likeness (QED) is 0.299. The topological polar surface area (TPSA) is 76.1 Å². The van der Waals surface area contributed by atoms with Crippen LogP contribution in [0.15, 0.2) is 72.3 Å². The van der Waals surface area contributed by atoms with Crippen molar-refractivity contribution in [3.8, 4) is 11.5 Å². The fraction of sp³-hybridized carbons (Fsp3) is 0.241. The number of likely N-dealkylation sites (tertiary alicyclic amines) is 1. The number of hydrogen-bond donors (Lipinski definition) is 1. The Bertz CT molecular complexity index is 1300. The molecule has 0 saturated carbocycles. The van der Waals surface area contributed by atoms with Crippen molar-refractivity contribution < 1.29 is 24.2 Å². The molecule has 1 atom stereocenters. The van der Waals surface area contributed by atoms with Crippen molar-refractivity contribution in [3.05, 3.63) is 100 Å². The van der Waals surface area contributed by atoms with Crippen LogP contribution in [0, 0.1) is 13.8 Å². The van der Waals surface area contributed by atoms with Gasteiger partial charge in [-0.3, -0.25) is 9.59 Å². The first-order valence-electron chi connectivity index (χ1n) is 11.5. The number of aliphatic hydroxyl groups excluding tert-OH is 1. The van der Waals surface area contributed by atoms with Crippen LogP contribution in [0.2, 0.25) is 0 Å². The molecule has 4 rings (SSSR count). The summed E-state index contributed by atoms with van der Waals surface area (Å²) < 4.78 is 10.7. The number of methoxy groups -OCH3 is 2. The lowest BCUT2D eigenvalue weighted by molar-refractivity contribution is -0.139. The van der Waals surface area contributed by atoms with Gasteiger partial charge in [-0.05, 0) is 60.7 Å². The van der Waals surface area contributed by atoms with Gasteiger partial charge in [-0.1, -0.05) is 48.5 Å². The van der Waals surface area contributed by atoms with E-state index in [4.69, 9.17) is 9.47 Å². The van der Waals surface area contributed by atoms with Crippen LogP contribution < -0.4 is 9.47 Å². The number of ether oxygens (including phenoxy) is 2. The van der Waals surface area contributed by atoms with E-state index < -0.39 is 17.7 Å². The van der Waals surface area contributed by atoms with Gasteiger partial charge in [0.05, 0.1) is 25.8 Å². The molecule has 35 heavy (non-hydrogen) atoms. The predicted molar refractivity (Wildman–Crippen MR) is 135 cm³/mol. The number of Topliss-reactive ketones (excluding diaryl/α,β-unsaturated/α-hetero) is 1. The first-order chi connectivity index (χ1) is 16.8. The molecule has 180 valence electrons. The molecule has 0 bridgehead atoms. The molecule has 1 aliphatic heterocycles. The van der Waals surface area contributed by atoms with Crippen molar-refractivity contribution in [1.29, 1.82) is 0 Å². The Morgan fingerprint density at radius 3 is 2.26 bits per heavy atom. The van der Waals surface area contributed by atoms with E-state index in [2.05, 4.69) is 0 Å². The van der Waals surface area contributed by atoms with E-state index >= 15 is 0 Å². The number of aryl methyl sites for hydroxylation is 2. The van der Waals surface area contributed by atoms with Gasteiger partial charge < -0.3 is 19.5 Å². The summed E-state index contributed by atoms with van der Waals surface area (Å²) in [6, 6.07) is 19.8. The van der Waals surface area contributed by atoms with Gasteiger partial charge in [0.2, 0.25) is 0 Å². The normalized spacial score (nSPS) is 17.0. The standard InChI is InChI=1S/C29H29NO5/c1-18-10-12-22(16-19(18)2)27(31)25-26(21-8-6-5-7-9-21)30(29(33)28(25)32)15-14-20-11-13-23(34-3)24(17-20)35-4/h5-13,16-17,26,31H,14-15H2,1-4H3/b27-25-. The van der Waals surface area contributed by atoms with Crippen LogP contribution in [0.1, 0.15) is 33.9 Å². The third kappa shape index (κ3) is 4.64. The molecule has 1 amide bonds. The molecule has 1 unspecified atom stereocenters. The molecule has 1 heterocycles. The molecule has 3 aromatic rings. The smallest absolute Gasteiger partial charge is 0.295 e. The van der Waals surface area contributed by atoms with Crippen molar-refractivity contribution in [2.24, 2.45) is 0 Å². The first-order valence-corrected chi connectivity index (χ1v) is 11.5. The number of carbonyl (C=O) groups is 2. The predicted octanol–water partition coefficient (Wildman–Crippen LogP) is 4.99. The van der Waals surface area contributed by atoms with E-state index in [0.29, 0.717) is 30.0 Å². The monoisotopic (exact) mass is 471 g/mol. The van der Waals surface area contributed by atoms with Crippen molar-refractivity contribution in [2.45, 2.75) is 26.3 Å². The number of aliphatic hydroxyl groups is 1. The molecule has 0 aliphatic carbocycles. The van der Waals surface area contributed by atoms with Gasteiger partial charge in [-0.15, -0.1) is 0 Å². The van der Waals surface area contributed by atoms with Gasteiger partial charge in [0, 0.05) is 12.1 Å². The van der Waals surface area contributed by atoms with Crippen LogP contribution in [-0.4, -0.2) is 42.5 Å². The van der Waals surface area contributed by atoms with Crippen molar-refractivity contribution in [3.63, 3.8) is 0 Å². The van der Waals surface area contributed by atoms with Gasteiger partial charge in [0.15, 0.2) is 11.5 Å². The van der Waals surface area contributed by atoms with Crippen LogP contribution in [0.5, 0.6) is 11.5 Å². The largest absolute Gasteiger partial charge is 0.507 e. The van der Waals surface area contributed by atoms with E-state index in [1.165, 1.54) is 0 Å². The zero-order valence-corrected chi connectivity index (χ0v) is 20.4. The molecule has 1 saturated heterocycles. The third-order valence-electron chi connectivity index (χ3n) is 6.52. The number of nitrogens with zero attached hydrogens (tertiary/aromatic N) is 1. The minimum atomic E-state index is -0.682. The second kappa shape index (κ2) is 10.1. The van der Waals surface area contributed by atoms with Crippen molar-refractivity contribution >= 4 is 17.4 Å². The van der Waals surface area contributed by atoms with E-state index in [9.17, 15) is 14.7 Å². The summed E-state index contributed by atoms with van der Waals surface area (Å²) in [5.41, 5.74) is 4.41. The summed E-state index contributed by atoms with van der Waals surface area (Å²) in [6.07, 6.45) is 0.500. The van der Waals surface area contributed by atoms with Crippen LogP contribution in [0.4, 0.5) is 0 Å². The molecule has 1 aliphatic rings. The average molecular weight is 472 g/mol. The summed E-state index contributed by atoms with van der Waals surface area (Å²) in [7, 11) is 3.15. The zero-order chi connectivity index (χ0) is 25.1.